The maximum atomic E-state index is 12.9. The van der Waals surface area contributed by atoms with E-state index in [1.807, 2.05) is 101 Å². The third kappa shape index (κ3) is 4.20. The molecule has 0 saturated carbocycles. The lowest BCUT2D eigenvalue weighted by Crippen LogP contribution is -2.11. The number of rotatable bonds is 6. The van der Waals surface area contributed by atoms with Crippen molar-refractivity contribution >= 4 is 28.6 Å². The second kappa shape index (κ2) is 8.45. The average Bonchev–Trinajstić information content (AvgIpc) is 3.46. The number of carbonyl (C=O) groups is 1. The molecule has 0 aliphatic heterocycles. The topological polar surface area (TPSA) is 55.6 Å². The second-order valence-electron chi connectivity index (χ2n) is 7.00. The molecule has 0 saturated heterocycles. The van der Waals surface area contributed by atoms with Crippen molar-refractivity contribution < 1.29 is 9.53 Å². The number of anilines is 1. The minimum absolute atomic E-state index is 0.133. The van der Waals surface area contributed by atoms with E-state index in [9.17, 15) is 4.79 Å². The summed E-state index contributed by atoms with van der Waals surface area (Å²) in [7, 11) is 0. The third-order valence-electron chi connectivity index (χ3n) is 4.85. The Bertz CT molecular complexity index is 1310. The number of hydrogen-bond acceptors (Lipinski definition) is 4. The van der Waals surface area contributed by atoms with Gasteiger partial charge in [-0.25, -0.2) is 4.98 Å². The van der Waals surface area contributed by atoms with Gasteiger partial charge in [0, 0.05) is 29.7 Å². The molecule has 0 atom stereocenters. The number of pyridine rings is 1. The first kappa shape index (κ1) is 19.1. The zero-order valence-corrected chi connectivity index (χ0v) is 17.4. The maximum Gasteiger partial charge on any atom is 0.266 e. The Labute approximate surface area is 183 Å². The number of benzene rings is 2. The summed E-state index contributed by atoms with van der Waals surface area (Å²) in [6.07, 6.45) is 3.90. The lowest BCUT2D eigenvalue weighted by molar-refractivity contribution is 0.103. The fourth-order valence-electron chi connectivity index (χ4n) is 3.40. The summed E-state index contributed by atoms with van der Waals surface area (Å²) in [5.41, 5.74) is 4.37. The Kier molecular flexibility index (Phi) is 5.21. The fourth-order valence-corrected chi connectivity index (χ4v) is 4.21. The van der Waals surface area contributed by atoms with Crippen molar-refractivity contribution in [3.63, 3.8) is 0 Å². The van der Waals surface area contributed by atoms with Crippen molar-refractivity contribution in [2.24, 2.45) is 0 Å². The zero-order valence-electron chi connectivity index (χ0n) is 16.6. The van der Waals surface area contributed by atoms with E-state index >= 15 is 0 Å². The number of aromatic nitrogens is 2. The lowest BCUT2D eigenvalue weighted by Gasteiger charge is -2.09. The van der Waals surface area contributed by atoms with Crippen molar-refractivity contribution in [1.82, 2.24) is 9.38 Å². The van der Waals surface area contributed by atoms with Gasteiger partial charge in [-0.05, 0) is 41.3 Å². The molecule has 0 fully saturated rings. The first-order valence-corrected chi connectivity index (χ1v) is 10.7. The van der Waals surface area contributed by atoms with E-state index in [1.54, 1.807) is 0 Å². The SMILES string of the molecule is O=C(Nc1cccc(OCc2cn3ccccc3n2)c1)c1sccc1-c1ccccc1. The van der Waals surface area contributed by atoms with Gasteiger partial charge in [-0.3, -0.25) is 4.79 Å². The molecular formula is C25H19N3O2S. The van der Waals surface area contributed by atoms with Gasteiger partial charge in [-0.2, -0.15) is 0 Å². The summed E-state index contributed by atoms with van der Waals surface area (Å²) >= 11 is 1.43. The van der Waals surface area contributed by atoms with Crippen molar-refractivity contribution in [3.8, 4) is 16.9 Å². The smallest absolute Gasteiger partial charge is 0.266 e. The minimum Gasteiger partial charge on any atom is -0.487 e. The van der Waals surface area contributed by atoms with Crippen LogP contribution in [0.4, 0.5) is 5.69 Å². The van der Waals surface area contributed by atoms with E-state index in [4.69, 9.17) is 4.74 Å². The van der Waals surface area contributed by atoms with Crippen LogP contribution in [0, 0.1) is 0 Å². The van der Waals surface area contributed by atoms with Gasteiger partial charge >= 0.3 is 0 Å². The highest BCUT2D eigenvalue weighted by Crippen LogP contribution is 2.29. The van der Waals surface area contributed by atoms with E-state index in [1.165, 1.54) is 11.3 Å². The van der Waals surface area contributed by atoms with Crippen LogP contribution in [0.2, 0.25) is 0 Å². The van der Waals surface area contributed by atoms with Gasteiger partial charge in [0.05, 0.1) is 10.6 Å². The van der Waals surface area contributed by atoms with E-state index in [0.29, 0.717) is 22.9 Å². The molecule has 0 unspecified atom stereocenters. The number of nitrogens with zero attached hydrogens (tertiary/aromatic N) is 2. The predicted octanol–water partition coefficient (Wildman–Crippen LogP) is 5.89. The molecule has 5 aromatic rings. The molecule has 0 aliphatic carbocycles. The van der Waals surface area contributed by atoms with Crippen molar-refractivity contribution in [3.05, 3.63) is 107 Å². The number of ether oxygens (including phenoxy) is 1. The van der Waals surface area contributed by atoms with E-state index in [0.717, 1.165) is 22.5 Å². The number of nitrogens with one attached hydrogen (secondary N) is 1. The molecule has 0 radical (unpaired) electrons. The number of imidazole rings is 1. The molecule has 1 N–H and O–H groups in total. The van der Waals surface area contributed by atoms with Crippen molar-refractivity contribution in [2.75, 3.05) is 5.32 Å². The number of thiophene rings is 1. The number of fused-ring (bicyclic) bond motifs is 1. The molecule has 0 aliphatic rings. The molecule has 0 bridgehead atoms. The molecule has 31 heavy (non-hydrogen) atoms. The number of carbonyl (C=O) groups excluding carboxylic acids is 1. The lowest BCUT2D eigenvalue weighted by atomic mass is 10.1. The largest absolute Gasteiger partial charge is 0.487 e. The molecule has 6 heteroatoms. The molecular weight excluding hydrogens is 406 g/mol. The molecule has 1 amide bonds. The Hall–Kier alpha value is -3.90. The molecule has 3 heterocycles. The average molecular weight is 426 g/mol. The van der Waals surface area contributed by atoms with Crippen LogP contribution in [-0.2, 0) is 6.61 Å². The van der Waals surface area contributed by atoms with Crippen LogP contribution >= 0.6 is 11.3 Å². The highest BCUT2D eigenvalue weighted by molar-refractivity contribution is 7.12. The summed E-state index contributed by atoms with van der Waals surface area (Å²) in [5, 5.41) is 4.92. The van der Waals surface area contributed by atoms with Crippen LogP contribution in [0.1, 0.15) is 15.4 Å². The van der Waals surface area contributed by atoms with Crippen LogP contribution in [0.15, 0.2) is 96.6 Å². The number of hydrogen-bond donors (Lipinski definition) is 1. The summed E-state index contributed by atoms with van der Waals surface area (Å²) in [5.74, 6) is 0.538. The van der Waals surface area contributed by atoms with Crippen LogP contribution in [0.25, 0.3) is 16.8 Å². The zero-order chi connectivity index (χ0) is 21.0. The Morgan fingerprint density at radius 1 is 1.00 bits per heavy atom. The van der Waals surface area contributed by atoms with E-state index in [-0.39, 0.29) is 5.91 Å². The second-order valence-corrected chi connectivity index (χ2v) is 7.91. The normalized spacial score (nSPS) is 10.8. The molecule has 3 aromatic heterocycles. The van der Waals surface area contributed by atoms with Gasteiger partial charge in [0.25, 0.3) is 5.91 Å². The van der Waals surface area contributed by atoms with Crippen molar-refractivity contribution in [2.45, 2.75) is 6.61 Å². The molecule has 5 rings (SSSR count). The Morgan fingerprint density at radius 3 is 2.74 bits per heavy atom. The highest BCUT2D eigenvalue weighted by Gasteiger charge is 2.15. The van der Waals surface area contributed by atoms with E-state index < -0.39 is 0 Å². The van der Waals surface area contributed by atoms with Crippen LogP contribution in [0.3, 0.4) is 0 Å². The Morgan fingerprint density at radius 2 is 1.87 bits per heavy atom. The van der Waals surface area contributed by atoms with Gasteiger partial charge in [0.1, 0.15) is 18.0 Å². The van der Waals surface area contributed by atoms with Crippen LogP contribution < -0.4 is 10.1 Å². The van der Waals surface area contributed by atoms with Crippen LogP contribution in [-0.4, -0.2) is 15.3 Å². The summed E-state index contributed by atoms with van der Waals surface area (Å²) < 4.78 is 7.86. The van der Waals surface area contributed by atoms with Crippen LogP contribution in [0.5, 0.6) is 5.75 Å². The monoisotopic (exact) mass is 425 g/mol. The third-order valence-corrected chi connectivity index (χ3v) is 5.76. The summed E-state index contributed by atoms with van der Waals surface area (Å²) in [6.45, 7) is 0.349. The fraction of sp³-hybridized carbons (Fsp3) is 0.0400. The summed E-state index contributed by atoms with van der Waals surface area (Å²) in [6, 6.07) is 25.2. The quantitative estimate of drug-likeness (QED) is 0.369. The van der Waals surface area contributed by atoms with Crippen molar-refractivity contribution in [1.29, 1.82) is 0 Å². The maximum absolute atomic E-state index is 12.9. The number of amides is 1. The highest BCUT2D eigenvalue weighted by atomic mass is 32.1. The minimum atomic E-state index is -0.133. The molecule has 2 aromatic carbocycles. The van der Waals surface area contributed by atoms with Gasteiger partial charge < -0.3 is 14.5 Å². The standard InChI is InChI=1S/C25H19N3O2S/c29-25(24-22(12-14-31-24)18-7-2-1-3-8-18)27-19-9-6-10-21(15-19)30-17-20-16-28-13-5-4-11-23(28)26-20/h1-16H,17H2,(H,27,29). The van der Waals surface area contributed by atoms with Gasteiger partial charge in [0.15, 0.2) is 0 Å². The first-order valence-electron chi connectivity index (χ1n) is 9.86. The molecule has 152 valence electrons. The molecule has 5 nitrogen and oxygen atoms in total. The van der Waals surface area contributed by atoms with Gasteiger partial charge in [-0.1, -0.05) is 42.5 Å². The van der Waals surface area contributed by atoms with Gasteiger partial charge in [-0.15, -0.1) is 11.3 Å². The van der Waals surface area contributed by atoms with E-state index in [2.05, 4.69) is 10.3 Å². The molecule has 0 spiro atoms. The summed E-state index contributed by atoms with van der Waals surface area (Å²) in [4.78, 5) is 18.1. The predicted molar refractivity (Wildman–Crippen MR) is 124 cm³/mol. The first-order chi connectivity index (χ1) is 15.3. The Balaban J connectivity index is 1.28. The van der Waals surface area contributed by atoms with Gasteiger partial charge in [0.2, 0.25) is 0 Å².